The van der Waals surface area contributed by atoms with E-state index in [0.717, 1.165) is 11.1 Å². The van der Waals surface area contributed by atoms with E-state index >= 15 is 0 Å². The molecule has 1 rings (SSSR count). The number of amides is 1. The van der Waals surface area contributed by atoms with Crippen LogP contribution in [0.2, 0.25) is 0 Å². The number of benzene rings is 1. The summed E-state index contributed by atoms with van der Waals surface area (Å²) in [5.41, 5.74) is 1.81. The quantitative estimate of drug-likeness (QED) is 0.715. The number of aromatic hydroxyl groups is 1. The van der Waals surface area contributed by atoms with Crippen LogP contribution >= 0.6 is 0 Å². The molecule has 0 aliphatic heterocycles. The standard InChI is InChI=1S/C12H18N2O2/c1-8-4-5-10(11(15)6-8)9(2)14-7-12(16)13-3/h4-6,9,14-15H,7H2,1-3H3,(H,13,16). The number of hydrogen-bond donors (Lipinski definition) is 3. The van der Waals surface area contributed by atoms with E-state index in [1.807, 2.05) is 26.0 Å². The molecule has 88 valence electrons. The molecule has 0 bridgehead atoms. The summed E-state index contributed by atoms with van der Waals surface area (Å²) in [5, 5.41) is 15.3. The second-order valence-electron chi connectivity index (χ2n) is 3.84. The van der Waals surface area contributed by atoms with Crippen LogP contribution in [0.3, 0.4) is 0 Å². The van der Waals surface area contributed by atoms with Crippen LogP contribution in [-0.4, -0.2) is 24.6 Å². The molecule has 1 aromatic carbocycles. The van der Waals surface area contributed by atoms with Crippen molar-refractivity contribution in [3.63, 3.8) is 0 Å². The Labute approximate surface area is 95.7 Å². The zero-order valence-corrected chi connectivity index (χ0v) is 9.87. The van der Waals surface area contributed by atoms with Gasteiger partial charge < -0.3 is 15.7 Å². The Bertz CT molecular complexity index is 377. The molecule has 3 N–H and O–H groups in total. The summed E-state index contributed by atoms with van der Waals surface area (Å²) in [6.45, 7) is 4.07. The highest BCUT2D eigenvalue weighted by atomic mass is 16.3. The molecule has 1 atom stereocenters. The fourth-order valence-electron chi connectivity index (χ4n) is 1.46. The zero-order valence-electron chi connectivity index (χ0n) is 9.87. The van der Waals surface area contributed by atoms with Crippen molar-refractivity contribution in [3.8, 4) is 5.75 Å². The number of rotatable bonds is 4. The summed E-state index contributed by atoms with van der Waals surface area (Å²) in [7, 11) is 1.60. The lowest BCUT2D eigenvalue weighted by Gasteiger charge is -2.15. The minimum Gasteiger partial charge on any atom is -0.508 e. The number of phenolic OH excluding ortho intramolecular Hbond substituents is 1. The number of likely N-dealkylation sites (N-methyl/N-ethyl adjacent to an activating group) is 1. The normalized spacial score (nSPS) is 12.2. The topological polar surface area (TPSA) is 61.4 Å². The number of aryl methyl sites for hydroxylation is 1. The molecule has 4 nitrogen and oxygen atoms in total. The maximum absolute atomic E-state index is 11.1. The Kier molecular flexibility index (Phi) is 4.31. The van der Waals surface area contributed by atoms with Crippen LogP contribution in [0.25, 0.3) is 0 Å². The molecule has 0 aromatic heterocycles. The van der Waals surface area contributed by atoms with Crippen molar-refractivity contribution in [1.29, 1.82) is 0 Å². The molecule has 0 aliphatic rings. The van der Waals surface area contributed by atoms with E-state index in [1.165, 1.54) is 0 Å². The van der Waals surface area contributed by atoms with Gasteiger partial charge in [-0.2, -0.15) is 0 Å². The van der Waals surface area contributed by atoms with Crippen LogP contribution in [0.15, 0.2) is 18.2 Å². The molecule has 0 heterocycles. The molecule has 1 unspecified atom stereocenters. The molecule has 4 heteroatoms. The first-order valence-electron chi connectivity index (χ1n) is 5.28. The van der Waals surface area contributed by atoms with Gasteiger partial charge in [-0.15, -0.1) is 0 Å². The molecular weight excluding hydrogens is 204 g/mol. The van der Waals surface area contributed by atoms with Gasteiger partial charge in [-0.1, -0.05) is 12.1 Å². The van der Waals surface area contributed by atoms with E-state index in [0.29, 0.717) is 0 Å². The second-order valence-corrected chi connectivity index (χ2v) is 3.84. The van der Waals surface area contributed by atoms with Gasteiger partial charge in [0.15, 0.2) is 0 Å². The lowest BCUT2D eigenvalue weighted by molar-refractivity contribution is -0.119. The van der Waals surface area contributed by atoms with Gasteiger partial charge >= 0.3 is 0 Å². The average molecular weight is 222 g/mol. The molecule has 0 saturated carbocycles. The third-order valence-corrected chi connectivity index (χ3v) is 2.50. The van der Waals surface area contributed by atoms with Gasteiger partial charge in [-0.25, -0.2) is 0 Å². The molecule has 0 saturated heterocycles. The van der Waals surface area contributed by atoms with Crippen LogP contribution < -0.4 is 10.6 Å². The summed E-state index contributed by atoms with van der Waals surface area (Å²) in [4.78, 5) is 11.1. The van der Waals surface area contributed by atoms with Gasteiger partial charge in [0.05, 0.1) is 6.54 Å². The smallest absolute Gasteiger partial charge is 0.233 e. The van der Waals surface area contributed by atoms with Crippen LogP contribution in [0.1, 0.15) is 24.1 Å². The maximum atomic E-state index is 11.1. The molecule has 16 heavy (non-hydrogen) atoms. The molecule has 0 spiro atoms. The second kappa shape index (κ2) is 5.51. The van der Waals surface area contributed by atoms with Crippen molar-refractivity contribution in [1.82, 2.24) is 10.6 Å². The van der Waals surface area contributed by atoms with Gasteiger partial charge in [-0.05, 0) is 25.5 Å². The van der Waals surface area contributed by atoms with Crippen molar-refractivity contribution >= 4 is 5.91 Å². The summed E-state index contributed by atoms with van der Waals surface area (Å²) in [6.07, 6.45) is 0. The van der Waals surface area contributed by atoms with Crippen molar-refractivity contribution < 1.29 is 9.90 Å². The molecule has 0 fully saturated rings. The number of phenols is 1. The number of nitrogens with one attached hydrogen (secondary N) is 2. The number of hydrogen-bond acceptors (Lipinski definition) is 3. The zero-order chi connectivity index (χ0) is 12.1. The van der Waals surface area contributed by atoms with E-state index in [1.54, 1.807) is 13.1 Å². The Morgan fingerprint density at radius 2 is 2.19 bits per heavy atom. The molecular formula is C12H18N2O2. The Hall–Kier alpha value is -1.55. The monoisotopic (exact) mass is 222 g/mol. The molecule has 0 aliphatic carbocycles. The third-order valence-electron chi connectivity index (χ3n) is 2.50. The number of carbonyl (C=O) groups is 1. The Morgan fingerprint density at radius 1 is 1.50 bits per heavy atom. The van der Waals surface area contributed by atoms with Gasteiger partial charge in [0.1, 0.15) is 5.75 Å². The van der Waals surface area contributed by atoms with E-state index in [2.05, 4.69) is 10.6 Å². The fourth-order valence-corrected chi connectivity index (χ4v) is 1.46. The fraction of sp³-hybridized carbons (Fsp3) is 0.417. The SMILES string of the molecule is CNC(=O)CNC(C)c1ccc(C)cc1O. The van der Waals surface area contributed by atoms with Crippen molar-refractivity contribution in [2.75, 3.05) is 13.6 Å². The lowest BCUT2D eigenvalue weighted by Crippen LogP contribution is -2.32. The predicted molar refractivity (Wildman–Crippen MR) is 63.3 cm³/mol. The van der Waals surface area contributed by atoms with Gasteiger partial charge in [0, 0.05) is 18.7 Å². The minimum atomic E-state index is -0.0709. The molecule has 0 radical (unpaired) electrons. The highest BCUT2D eigenvalue weighted by Gasteiger charge is 2.10. The first-order chi connectivity index (χ1) is 7.54. The molecule has 1 amide bonds. The van der Waals surface area contributed by atoms with Crippen molar-refractivity contribution in [2.45, 2.75) is 19.9 Å². The van der Waals surface area contributed by atoms with Gasteiger partial charge in [0.25, 0.3) is 0 Å². The molecule has 1 aromatic rings. The summed E-state index contributed by atoms with van der Waals surface area (Å²) < 4.78 is 0. The number of carbonyl (C=O) groups excluding carboxylic acids is 1. The first-order valence-corrected chi connectivity index (χ1v) is 5.28. The van der Waals surface area contributed by atoms with E-state index in [4.69, 9.17) is 0 Å². The van der Waals surface area contributed by atoms with E-state index in [9.17, 15) is 9.90 Å². The summed E-state index contributed by atoms with van der Waals surface area (Å²) in [5.74, 6) is 0.190. The summed E-state index contributed by atoms with van der Waals surface area (Å²) >= 11 is 0. The van der Waals surface area contributed by atoms with Crippen molar-refractivity contribution in [3.05, 3.63) is 29.3 Å². The van der Waals surface area contributed by atoms with Crippen LogP contribution in [-0.2, 0) is 4.79 Å². The Morgan fingerprint density at radius 3 is 2.75 bits per heavy atom. The van der Waals surface area contributed by atoms with E-state index in [-0.39, 0.29) is 24.2 Å². The highest BCUT2D eigenvalue weighted by Crippen LogP contribution is 2.24. The Balaban J connectivity index is 2.65. The highest BCUT2D eigenvalue weighted by molar-refractivity contribution is 5.77. The lowest BCUT2D eigenvalue weighted by atomic mass is 10.1. The minimum absolute atomic E-state index is 0.0575. The van der Waals surface area contributed by atoms with Crippen molar-refractivity contribution in [2.24, 2.45) is 0 Å². The largest absolute Gasteiger partial charge is 0.508 e. The summed E-state index contributed by atoms with van der Waals surface area (Å²) in [6, 6.07) is 5.46. The first kappa shape index (κ1) is 12.5. The van der Waals surface area contributed by atoms with Crippen LogP contribution in [0.5, 0.6) is 5.75 Å². The predicted octanol–water partition coefficient (Wildman–Crippen LogP) is 1.10. The third kappa shape index (κ3) is 3.24. The van der Waals surface area contributed by atoms with Crippen LogP contribution in [0, 0.1) is 6.92 Å². The van der Waals surface area contributed by atoms with E-state index < -0.39 is 0 Å². The maximum Gasteiger partial charge on any atom is 0.233 e. The van der Waals surface area contributed by atoms with Crippen LogP contribution in [0.4, 0.5) is 0 Å². The average Bonchev–Trinajstić information content (AvgIpc) is 2.25. The van der Waals surface area contributed by atoms with Gasteiger partial charge in [-0.3, -0.25) is 4.79 Å². The van der Waals surface area contributed by atoms with Gasteiger partial charge in [0.2, 0.25) is 5.91 Å².